The van der Waals surface area contributed by atoms with Gasteiger partial charge in [-0.25, -0.2) is 0 Å². The van der Waals surface area contributed by atoms with Crippen molar-refractivity contribution in [3.8, 4) is 0 Å². The highest BCUT2D eigenvalue weighted by molar-refractivity contribution is 5.96. The zero-order valence-electron chi connectivity index (χ0n) is 14.8. The predicted molar refractivity (Wildman–Crippen MR) is 96.5 cm³/mol. The molecule has 3 aromatic rings. The first-order valence-corrected chi connectivity index (χ1v) is 8.08. The molecule has 0 radical (unpaired) electrons. The predicted octanol–water partition coefficient (Wildman–Crippen LogP) is 4.55. The Labute approximate surface area is 141 Å². The third-order valence-corrected chi connectivity index (χ3v) is 4.26. The van der Waals surface area contributed by atoms with Crippen molar-refractivity contribution < 1.29 is 9.32 Å². The Morgan fingerprint density at radius 1 is 0.958 bits per heavy atom. The lowest BCUT2D eigenvalue weighted by molar-refractivity contribution is -0.115. The number of hydrogen-bond acceptors (Lipinski definition) is 3. The Morgan fingerprint density at radius 3 is 2.21 bits per heavy atom. The van der Waals surface area contributed by atoms with Gasteiger partial charge >= 0.3 is 0 Å². The molecule has 0 saturated carbocycles. The summed E-state index contributed by atoms with van der Waals surface area (Å²) >= 11 is 0. The summed E-state index contributed by atoms with van der Waals surface area (Å²) in [5.74, 6) is -0.0831. The van der Waals surface area contributed by atoms with E-state index in [1.54, 1.807) is 0 Å². The Bertz CT molecular complexity index is 915. The van der Waals surface area contributed by atoms with Crippen LogP contribution in [0.5, 0.6) is 0 Å². The molecule has 1 N–H and O–H groups in total. The number of aryl methyl sites for hydroxylation is 5. The maximum atomic E-state index is 12.5. The molecular formula is C20H22N2O2. The Balaban J connectivity index is 1.86. The van der Waals surface area contributed by atoms with Gasteiger partial charge in [0, 0.05) is 11.1 Å². The van der Waals surface area contributed by atoms with Crippen molar-refractivity contribution in [1.82, 2.24) is 5.16 Å². The van der Waals surface area contributed by atoms with Crippen LogP contribution in [-0.2, 0) is 11.2 Å². The number of anilines is 1. The van der Waals surface area contributed by atoms with Crippen LogP contribution in [0.15, 0.2) is 28.8 Å². The molecule has 0 aliphatic rings. The van der Waals surface area contributed by atoms with Crippen molar-refractivity contribution in [1.29, 1.82) is 0 Å². The molecule has 1 aromatic heterocycles. The number of nitrogens with zero attached hydrogens (tertiary/aromatic N) is 1. The van der Waals surface area contributed by atoms with Gasteiger partial charge in [0.15, 0.2) is 5.58 Å². The molecule has 3 rings (SSSR count). The lowest BCUT2D eigenvalue weighted by Gasteiger charge is -2.12. The standard InChI is InChI=1S/C20H22N2O2/c1-11-7-14(4)20(15(5)8-11)21-18(23)10-16-19-13(3)6-12(2)9-17(19)24-22-16/h6-9H,10H2,1-5H3,(H,21,23). The highest BCUT2D eigenvalue weighted by Gasteiger charge is 2.16. The third-order valence-electron chi connectivity index (χ3n) is 4.26. The van der Waals surface area contributed by atoms with Gasteiger partial charge in [0.2, 0.25) is 5.91 Å². The van der Waals surface area contributed by atoms with E-state index in [9.17, 15) is 4.79 Å². The van der Waals surface area contributed by atoms with Crippen LogP contribution in [-0.4, -0.2) is 11.1 Å². The zero-order chi connectivity index (χ0) is 17.4. The topological polar surface area (TPSA) is 55.1 Å². The molecule has 0 fully saturated rings. The van der Waals surface area contributed by atoms with Crippen LogP contribution in [0.25, 0.3) is 11.0 Å². The number of amides is 1. The van der Waals surface area contributed by atoms with Crippen molar-refractivity contribution in [2.24, 2.45) is 0 Å². The minimum absolute atomic E-state index is 0.0831. The summed E-state index contributed by atoms with van der Waals surface area (Å²) in [4.78, 5) is 12.5. The molecule has 4 heteroatoms. The fourth-order valence-electron chi connectivity index (χ4n) is 3.35. The van der Waals surface area contributed by atoms with E-state index in [1.165, 1.54) is 5.56 Å². The van der Waals surface area contributed by atoms with E-state index in [1.807, 2.05) is 33.8 Å². The van der Waals surface area contributed by atoms with Crippen LogP contribution in [0.1, 0.15) is 33.5 Å². The Hall–Kier alpha value is -2.62. The molecule has 0 saturated heterocycles. The number of rotatable bonds is 3. The fraction of sp³-hybridized carbons (Fsp3) is 0.300. The second-order valence-corrected chi connectivity index (χ2v) is 6.58. The van der Waals surface area contributed by atoms with Crippen molar-refractivity contribution >= 4 is 22.6 Å². The molecular weight excluding hydrogens is 300 g/mol. The summed E-state index contributed by atoms with van der Waals surface area (Å²) in [5.41, 5.74) is 7.83. The molecule has 0 aliphatic carbocycles. The number of carbonyl (C=O) groups is 1. The average molecular weight is 322 g/mol. The molecule has 0 bridgehead atoms. The maximum absolute atomic E-state index is 12.5. The van der Waals surface area contributed by atoms with E-state index < -0.39 is 0 Å². The number of aromatic nitrogens is 1. The van der Waals surface area contributed by atoms with Gasteiger partial charge in [0.05, 0.1) is 6.42 Å². The van der Waals surface area contributed by atoms with Crippen LogP contribution in [0.3, 0.4) is 0 Å². The second kappa shape index (κ2) is 6.11. The molecule has 0 unspecified atom stereocenters. The summed E-state index contributed by atoms with van der Waals surface area (Å²) in [6.07, 6.45) is 0.198. The number of fused-ring (bicyclic) bond motifs is 1. The van der Waals surface area contributed by atoms with E-state index in [2.05, 4.69) is 35.6 Å². The molecule has 1 heterocycles. The van der Waals surface area contributed by atoms with E-state index in [0.29, 0.717) is 5.69 Å². The van der Waals surface area contributed by atoms with E-state index in [-0.39, 0.29) is 12.3 Å². The number of nitrogens with one attached hydrogen (secondary N) is 1. The van der Waals surface area contributed by atoms with E-state index in [0.717, 1.165) is 38.9 Å². The first-order chi connectivity index (χ1) is 11.3. The zero-order valence-corrected chi connectivity index (χ0v) is 14.8. The Morgan fingerprint density at radius 2 is 1.54 bits per heavy atom. The van der Waals surface area contributed by atoms with E-state index in [4.69, 9.17) is 4.52 Å². The minimum Gasteiger partial charge on any atom is -0.356 e. The second-order valence-electron chi connectivity index (χ2n) is 6.58. The monoisotopic (exact) mass is 322 g/mol. The number of carbonyl (C=O) groups excluding carboxylic acids is 1. The quantitative estimate of drug-likeness (QED) is 0.769. The fourth-order valence-corrected chi connectivity index (χ4v) is 3.35. The third kappa shape index (κ3) is 3.04. The minimum atomic E-state index is -0.0831. The molecule has 2 aromatic carbocycles. The molecule has 1 amide bonds. The Kier molecular flexibility index (Phi) is 4.14. The lowest BCUT2D eigenvalue weighted by atomic mass is 10.0. The molecule has 0 aliphatic heterocycles. The van der Waals surface area contributed by atoms with Gasteiger partial charge in [0.1, 0.15) is 5.69 Å². The smallest absolute Gasteiger partial charge is 0.230 e. The number of hydrogen-bond donors (Lipinski definition) is 1. The van der Waals surface area contributed by atoms with Crippen molar-refractivity contribution in [3.63, 3.8) is 0 Å². The summed E-state index contributed by atoms with van der Waals surface area (Å²) in [6.45, 7) is 10.1. The van der Waals surface area contributed by atoms with Crippen LogP contribution < -0.4 is 5.32 Å². The summed E-state index contributed by atoms with van der Waals surface area (Å²) in [5, 5.41) is 8.06. The summed E-state index contributed by atoms with van der Waals surface area (Å²) in [7, 11) is 0. The SMILES string of the molecule is Cc1cc(C)c(NC(=O)Cc2noc3cc(C)cc(C)c23)c(C)c1. The highest BCUT2D eigenvalue weighted by Crippen LogP contribution is 2.26. The van der Waals surface area contributed by atoms with Gasteiger partial charge in [-0.1, -0.05) is 28.9 Å². The van der Waals surface area contributed by atoms with Crippen LogP contribution in [0, 0.1) is 34.6 Å². The van der Waals surface area contributed by atoms with Gasteiger partial charge in [-0.2, -0.15) is 0 Å². The molecule has 0 atom stereocenters. The lowest BCUT2D eigenvalue weighted by Crippen LogP contribution is -2.16. The van der Waals surface area contributed by atoms with Crippen molar-refractivity contribution in [2.45, 2.75) is 41.0 Å². The first kappa shape index (κ1) is 16.2. The van der Waals surface area contributed by atoms with Crippen LogP contribution >= 0.6 is 0 Å². The van der Waals surface area contributed by atoms with Gasteiger partial charge in [0.25, 0.3) is 0 Å². The first-order valence-electron chi connectivity index (χ1n) is 8.08. The normalized spacial score (nSPS) is 11.0. The van der Waals surface area contributed by atoms with Crippen LogP contribution in [0.2, 0.25) is 0 Å². The van der Waals surface area contributed by atoms with E-state index >= 15 is 0 Å². The highest BCUT2D eigenvalue weighted by atomic mass is 16.5. The van der Waals surface area contributed by atoms with Crippen molar-refractivity contribution in [3.05, 3.63) is 57.8 Å². The summed E-state index contributed by atoms with van der Waals surface area (Å²) < 4.78 is 5.39. The van der Waals surface area contributed by atoms with Crippen LogP contribution in [0.4, 0.5) is 5.69 Å². The maximum Gasteiger partial charge on any atom is 0.230 e. The molecule has 124 valence electrons. The summed E-state index contributed by atoms with van der Waals surface area (Å²) in [6, 6.07) is 8.17. The van der Waals surface area contributed by atoms with Gasteiger partial charge in [-0.3, -0.25) is 4.79 Å². The van der Waals surface area contributed by atoms with Crippen molar-refractivity contribution in [2.75, 3.05) is 5.32 Å². The molecule has 0 spiro atoms. The van der Waals surface area contributed by atoms with Gasteiger partial charge in [-0.05, 0) is 62.9 Å². The number of benzene rings is 2. The average Bonchev–Trinajstić information content (AvgIpc) is 2.85. The van der Waals surface area contributed by atoms with Gasteiger partial charge < -0.3 is 9.84 Å². The largest absolute Gasteiger partial charge is 0.356 e. The molecule has 24 heavy (non-hydrogen) atoms. The van der Waals surface area contributed by atoms with Gasteiger partial charge in [-0.15, -0.1) is 0 Å². The molecule has 4 nitrogen and oxygen atoms in total.